The number of primary sulfonamides is 2. The maximum atomic E-state index is 13.3. The molecule has 0 atom stereocenters. The molecule has 16 bridgehead atoms. The molecule has 12 N–H and O–H groups in total. The number of aromatic nitrogens is 16. The van der Waals surface area contributed by atoms with E-state index in [9.17, 15) is 68.7 Å². The Balaban J connectivity index is 0.000000162. The van der Waals surface area contributed by atoms with Crippen molar-refractivity contribution in [1.29, 1.82) is 0 Å². The SMILES string of the molecule is Nc1c(S(=O)(=O)[O-])c(S(N)(=O)=O)cc(-n2c3nc4nc(nc5[nH]c(nc6nc(nc2c2ccccc23)-c2ccccc2-6)c2ccccc52)-c2ccccc2-4)c1S(=O)(=O)O.Nc1c(S(=O)(=O)[O-])c(S(N)(=O)=O)cc(-n2c3nc4nc(nc5[nH]c(nc6nc(nc2c2ccccc23)-c2ccccc2-6)c2ccccc52)-c2ccccc2-4)c1S(=O)(=O)O.[Ni+2]. The van der Waals surface area contributed by atoms with Crippen molar-refractivity contribution in [3.05, 3.63) is 206 Å². The molecule has 0 saturated heterocycles. The zero-order valence-electron chi connectivity index (χ0n) is 59.6. The molecule has 0 radical (unpaired) electrons. The first-order valence-corrected chi connectivity index (χ1v) is 43.2. The summed E-state index contributed by atoms with van der Waals surface area (Å²) < 4.78 is 204. The Morgan fingerprint density at radius 1 is 0.286 bits per heavy atom. The van der Waals surface area contributed by atoms with E-state index < -0.39 is 113 Å². The Morgan fingerprint density at radius 3 is 0.672 bits per heavy atom. The molecule has 0 saturated carbocycles. The summed E-state index contributed by atoms with van der Waals surface area (Å²) in [6.45, 7) is 0. The zero-order valence-corrected chi connectivity index (χ0v) is 65.5. The number of benzene rings is 10. The van der Waals surface area contributed by atoms with E-state index in [-0.39, 0.29) is 85.7 Å². The van der Waals surface area contributed by atoms with Gasteiger partial charge < -0.3 is 30.5 Å². The Hall–Kier alpha value is -13.5. The molecule has 16 aromatic rings. The fourth-order valence-electron chi connectivity index (χ4n) is 14.9. The predicted molar refractivity (Wildman–Crippen MR) is 429 cm³/mol. The van der Waals surface area contributed by atoms with Crippen molar-refractivity contribution >= 4 is 160 Å². The van der Waals surface area contributed by atoms with Gasteiger partial charge in [-0.05, 0) is 12.1 Å². The minimum absolute atomic E-state index is 0. The average molecular weight is 1750 g/mol. The molecule has 4 aliphatic rings. The molecule has 4 aliphatic heterocycles. The van der Waals surface area contributed by atoms with E-state index in [0.29, 0.717) is 101 Å². The third-order valence-corrected chi connectivity index (χ3v) is 25.6. The van der Waals surface area contributed by atoms with Gasteiger partial charge in [0.25, 0.3) is 20.2 Å². The number of rotatable bonds is 8. The summed E-state index contributed by atoms with van der Waals surface area (Å²) in [6.07, 6.45) is 0. The van der Waals surface area contributed by atoms with E-state index in [0.717, 1.165) is 30.7 Å². The zero-order chi connectivity index (χ0) is 82.3. The van der Waals surface area contributed by atoms with Crippen LogP contribution < -0.4 is 21.7 Å². The Morgan fingerprint density at radius 2 is 0.479 bits per heavy atom. The van der Waals surface area contributed by atoms with Gasteiger partial charge in [0.15, 0.2) is 46.6 Å². The first kappa shape index (κ1) is 76.7. The van der Waals surface area contributed by atoms with E-state index in [1.54, 1.807) is 146 Å². The second kappa shape index (κ2) is 27.3. The van der Waals surface area contributed by atoms with Crippen LogP contribution in [0.2, 0.25) is 0 Å². The normalized spacial score (nSPS) is 12.7. The molecule has 6 aromatic heterocycles. The molecule has 0 fully saturated rings. The number of H-pyrrole nitrogens is 2. The molecule has 0 aliphatic carbocycles. The quantitative estimate of drug-likeness (QED) is 0.0398. The molecule has 0 spiro atoms. The molecule has 10 aromatic carbocycles. The largest absolute Gasteiger partial charge is 2.00 e. The van der Waals surface area contributed by atoms with E-state index in [1.807, 2.05) is 48.5 Å². The fraction of sp³-hybridized carbons (Fsp3) is 0. The standard InChI is InChI=1S/2C38H24N10O8S3.Ni/c2*39-28-29(58(51,52)53)26(17-27(57(40,49)50)30(28)59(54,55)56)48-37-24-15-7-8-16-25(24)38(48)47-36-23-14-6-4-12-21(23)34(45-36)43-32-19-10-2-1-9-18(19)31(41-32)42-33-20-11-3-5-13-22(20)35(44-33)46-37;/h2*1-17H,39H2,(H2,40,49,50)(H,51,52,53)(H,54,55,56)(H,41,42,43,44,45,46,47);/q;;+2/p-2. The van der Waals surface area contributed by atoms with Crippen LogP contribution in [0.15, 0.2) is 236 Å². The van der Waals surface area contributed by atoms with Crippen molar-refractivity contribution in [1.82, 2.24) is 78.9 Å². The molecule has 36 nitrogen and oxygen atoms in total. The number of sulfonamides is 2. The number of aromatic amines is 2. The molecule has 43 heteroatoms. The van der Waals surface area contributed by atoms with Crippen LogP contribution in [0.1, 0.15) is 0 Å². The molecule has 10 heterocycles. The maximum absolute atomic E-state index is 13.3. The first-order chi connectivity index (χ1) is 56.1. The number of hydrogen-bond donors (Lipinski definition) is 8. The van der Waals surface area contributed by atoms with Crippen molar-refractivity contribution < 1.29 is 85.2 Å². The number of nitrogens with zero attached hydrogens (tertiary/aromatic N) is 14. The minimum Gasteiger partial charge on any atom is -0.744 e. The van der Waals surface area contributed by atoms with Gasteiger partial charge in [0.05, 0.1) is 32.5 Å². The van der Waals surface area contributed by atoms with Gasteiger partial charge in [-0.25, -0.2) is 104 Å². The average Bonchev–Trinajstić information content (AvgIpc) is 1.65. The smallest absolute Gasteiger partial charge is 0.744 e. The third-order valence-electron chi connectivity index (χ3n) is 19.8. The van der Waals surface area contributed by atoms with Crippen LogP contribution in [0.3, 0.4) is 0 Å². The minimum atomic E-state index is -5.86. The van der Waals surface area contributed by atoms with Gasteiger partial charge in [-0.2, -0.15) is 16.8 Å². The summed E-state index contributed by atoms with van der Waals surface area (Å²) in [4.78, 5) is 56.7. The van der Waals surface area contributed by atoms with E-state index in [1.165, 1.54) is 0 Å². The Bertz CT molecular complexity index is 7650. The van der Waals surface area contributed by atoms with Crippen LogP contribution in [0.25, 0.3) is 191 Å². The number of nitrogens with one attached hydrogen (secondary N) is 2. The Kier molecular flexibility index (Phi) is 17.6. The van der Waals surface area contributed by atoms with Crippen molar-refractivity contribution in [2.24, 2.45) is 10.3 Å². The van der Waals surface area contributed by atoms with Crippen LogP contribution in [-0.4, -0.2) is 148 Å². The summed E-state index contributed by atoms with van der Waals surface area (Å²) >= 11 is 0. The predicted octanol–water partition coefficient (Wildman–Crippen LogP) is 9.42. The summed E-state index contributed by atoms with van der Waals surface area (Å²) in [6, 6.07) is 57.2. The van der Waals surface area contributed by atoms with Crippen LogP contribution in [-0.2, 0) is 77.0 Å². The van der Waals surface area contributed by atoms with Crippen molar-refractivity contribution in [3.63, 3.8) is 0 Å². The van der Waals surface area contributed by atoms with Gasteiger partial charge >= 0.3 is 16.5 Å². The molecule has 0 unspecified atom stereocenters. The summed E-state index contributed by atoms with van der Waals surface area (Å²) in [5.41, 5.74) is 13.2. The monoisotopic (exact) mass is 1740 g/mol. The topological polar surface area (TPSA) is 592 Å². The van der Waals surface area contributed by atoms with Gasteiger partial charge in [0.2, 0.25) is 20.0 Å². The molecule has 119 heavy (non-hydrogen) atoms. The molecular weight excluding hydrogens is 1700 g/mol. The number of nitrogens with two attached hydrogens (primary N) is 4. The summed E-state index contributed by atoms with van der Waals surface area (Å²) in [7, 11) is -33.3. The fourth-order valence-corrected chi connectivity index (χ4v) is 20.6. The number of fused-ring (bicyclic) bond motifs is 40. The number of nitrogen functional groups attached to an aromatic ring is 2. The van der Waals surface area contributed by atoms with Crippen molar-refractivity contribution in [2.45, 2.75) is 29.4 Å². The second-order valence-corrected chi connectivity index (χ2v) is 35.2. The summed E-state index contributed by atoms with van der Waals surface area (Å²) in [5, 5.41) is 15.0. The molecule has 0 amide bonds. The van der Waals surface area contributed by atoms with E-state index >= 15 is 0 Å². The molecule has 592 valence electrons. The third kappa shape index (κ3) is 12.7. The summed E-state index contributed by atoms with van der Waals surface area (Å²) in [5.74, 6) is 1.20. The van der Waals surface area contributed by atoms with E-state index in [4.69, 9.17) is 81.6 Å². The van der Waals surface area contributed by atoms with Crippen LogP contribution in [0.5, 0.6) is 0 Å². The van der Waals surface area contributed by atoms with Gasteiger partial charge in [-0.15, -0.1) is 0 Å². The van der Waals surface area contributed by atoms with Crippen LogP contribution in [0.4, 0.5) is 11.4 Å². The van der Waals surface area contributed by atoms with Gasteiger partial charge in [-0.1, -0.05) is 194 Å². The van der Waals surface area contributed by atoms with Crippen LogP contribution in [0, 0.1) is 0 Å². The van der Waals surface area contributed by atoms with Gasteiger partial charge in [-0.3, -0.25) is 18.2 Å². The van der Waals surface area contributed by atoms with Crippen LogP contribution >= 0.6 is 0 Å². The van der Waals surface area contributed by atoms with E-state index in [2.05, 4.69) is 9.97 Å². The molecular formula is C76H46N20NiO16S6. The number of hydrogen-bond acceptors (Lipinski definition) is 28. The van der Waals surface area contributed by atoms with Crippen molar-refractivity contribution in [2.75, 3.05) is 11.5 Å². The molecule has 20 rings (SSSR count). The second-order valence-electron chi connectivity index (χ2n) is 26.8. The number of anilines is 2. The van der Waals surface area contributed by atoms with Gasteiger partial charge in [0, 0.05) is 87.6 Å². The van der Waals surface area contributed by atoms with Crippen molar-refractivity contribution in [3.8, 4) is 102 Å². The van der Waals surface area contributed by atoms with Gasteiger partial charge in [0.1, 0.15) is 85.0 Å². The Labute approximate surface area is 679 Å². The first-order valence-electron chi connectivity index (χ1n) is 34.5. The maximum Gasteiger partial charge on any atom is 2.00 e.